The molecule has 128 valence electrons. The van der Waals surface area contributed by atoms with Gasteiger partial charge in [-0.05, 0) is 43.9 Å². The van der Waals surface area contributed by atoms with Gasteiger partial charge in [-0.15, -0.1) is 0 Å². The van der Waals surface area contributed by atoms with Crippen LogP contribution in [0.25, 0.3) is 11.0 Å². The molecule has 5 heteroatoms. The number of ether oxygens (including phenoxy) is 1. The number of nitrogens with zero attached hydrogens (tertiary/aromatic N) is 1. The van der Waals surface area contributed by atoms with Gasteiger partial charge in [-0.3, -0.25) is 9.69 Å². The third-order valence-electron chi connectivity index (χ3n) is 5.72. The lowest BCUT2D eigenvalue weighted by molar-refractivity contribution is -0.159. The van der Waals surface area contributed by atoms with Crippen LogP contribution in [0, 0.1) is 25.2 Å². The number of hydrogen-bond donors (Lipinski definition) is 1. The van der Waals surface area contributed by atoms with Gasteiger partial charge in [-0.25, -0.2) is 0 Å². The van der Waals surface area contributed by atoms with Gasteiger partial charge >= 0.3 is 5.97 Å². The van der Waals surface area contributed by atoms with E-state index in [1.54, 1.807) is 0 Å². The quantitative estimate of drug-likeness (QED) is 0.938. The summed E-state index contributed by atoms with van der Waals surface area (Å²) in [5, 5.41) is 10.9. The van der Waals surface area contributed by atoms with Gasteiger partial charge in [0.25, 0.3) is 0 Å². The fourth-order valence-corrected chi connectivity index (χ4v) is 4.25. The third kappa shape index (κ3) is 2.34. The van der Waals surface area contributed by atoms with E-state index in [4.69, 9.17) is 9.15 Å². The molecule has 2 saturated heterocycles. The molecule has 0 spiro atoms. The summed E-state index contributed by atoms with van der Waals surface area (Å²) in [7, 11) is 0. The van der Waals surface area contributed by atoms with E-state index in [9.17, 15) is 9.90 Å². The highest BCUT2D eigenvalue weighted by Crippen LogP contribution is 2.42. The highest BCUT2D eigenvalue weighted by atomic mass is 16.5. The number of furan rings is 1. The highest BCUT2D eigenvalue weighted by Gasteiger charge is 2.54. The van der Waals surface area contributed by atoms with Crippen molar-refractivity contribution in [1.82, 2.24) is 4.90 Å². The fraction of sp³-hybridized carbons (Fsp3) is 0.526. The van der Waals surface area contributed by atoms with Crippen LogP contribution >= 0.6 is 0 Å². The lowest BCUT2D eigenvalue weighted by atomic mass is 9.76. The lowest BCUT2D eigenvalue weighted by Crippen LogP contribution is -2.46. The average Bonchev–Trinajstić information content (AvgIpc) is 3.07. The zero-order valence-electron chi connectivity index (χ0n) is 14.2. The van der Waals surface area contributed by atoms with Gasteiger partial charge in [-0.2, -0.15) is 0 Å². The molecule has 0 saturated carbocycles. The minimum Gasteiger partial charge on any atom is -0.481 e. The molecule has 1 aromatic heterocycles. The second-order valence-electron chi connectivity index (χ2n) is 7.32. The maximum Gasteiger partial charge on any atom is 0.313 e. The topological polar surface area (TPSA) is 62.9 Å². The summed E-state index contributed by atoms with van der Waals surface area (Å²) in [5.41, 5.74) is 2.52. The van der Waals surface area contributed by atoms with Crippen molar-refractivity contribution in [2.24, 2.45) is 11.3 Å². The summed E-state index contributed by atoms with van der Waals surface area (Å²) in [6.07, 6.45) is 0.821. The molecule has 4 rings (SSSR count). The number of aliphatic carboxylic acids is 1. The Kier molecular flexibility index (Phi) is 3.66. The number of carboxylic acids is 1. The van der Waals surface area contributed by atoms with Gasteiger partial charge in [0.15, 0.2) is 0 Å². The predicted molar refractivity (Wildman–Crippen MR) is 90.0 cm³/mol. The van der Waals surface area contributed by atoms with Crippen LogP contribution in [0.15, 0.2) is 22.6 Å². The van der Waals surface area contributed by atoms with Gasteiger partial charge in [0.1, 0.15) is 16.8 Å². The van der Waals surface area contributed by atoms with Gasteiger partial charge in [0.05, 0.1) is 13.2 Å². The van der Waals surface area contributed by atoms with Crippen molar-refractivity contribution in [1.29, 1.82) is 0 Å². The maximum absolute atomic E-state index is 11.9. The molecule has 24 heavy (non-hydrogen) atoms. The lowest BCUT2D eigenvalue weighted by Gasteiger charge is -2.34. The molecule has 0 aliphatic carbocycles. The molecule has 1 N–H and O–H groups in total. The van der Waals surface area contributed by atoms with Crippen molar-refractivity contribution in [2.75, 3.05) is 26.3 Å². The SMILES string of the molecule is Cc1ccc2oc(CN3C[C@@H]4CCOC[C@]4(C(=O)O)C3)c(C)c2c1. The van der Waals surface area contributed by atoms with Crippen LogP contribution < -0.4 is 0 Å². The van der Waals surface area contributed by atoms with E-state index in [0.717, 1.165) is 35.3 Å². The maximum atomic E-state index is 11.9. The molecular formula is C19H23NO4. The normalized spacial score (nSPS) is 27.5. The molecule has 2 aliphatic heterocycles. The first kappa shape index (κ1) is 15.7. The molecule has 0 radical (unpaired) electrons. The van der Waals surface area contributed by atoms with Crippen LogP contribution in [0.5, 0.6) is 0 Å². The first-order valence-corrected chi connectivity index (χ1v) is 8.52. The zero-order chi connectivity index (χ0) is 16.9. The van der Waals surface area contributed by atoms with Crippen molar-refractivity contribution < 1.29 is 19.1 Å². The van der Waals surface area contributed by atoms with E-state index in [-0.39, 0.29) is 5.92 Å². The fourth-order valence-electron chi connectivity index (χ4n) is 4.25. The summed E-state index contributed by atoms with van der Waals surface area (Å²) < 4.78 is 11.5. The third-order valence-corrected chi connectivity index (χ3v) is 5.72. The van der Waals surface area contributed by atoms with Crippen molar-refractivity contribution in [3.63, 3.8) is 0 Å². The van der Waals surface area contributed by atoms with E-state index < -0.39 is 11.4 Å². The first-order chi connectivity index (χ1) is 11.5. The van der Waals surface area contributed by atoms with Crippen LogP contribution in [0.1, 0.15) is 23.3 Å². The Labute approximate surface area is 141 Å². The standard InChI is InChI=1S/C19H23NO4/c1-12-3-4-16-15(7-12)13(2)17(24-16)9-20-8-14-5-6-23-11-19(14,10-20)18(21)22/h3-4,7,14H,5-6,8-11H2,1-2H3,(H,21,22)/t14-,19+/m0/s1. The Hall–Kier alpha value is -1.85. The number of aryl methyl sites for hydroxylation is 2. The van der Waals surface area contributed by atoms with Crippen molar-refractivity contribution >= 4 is 16.9 Å². The summed E-state index contributed by atoms with van der Waals surface area (Å²) in [4.78, 5) is 14.1. The number of carboxylic acid groups (broad SMARTS) is 1. The Morgan fingerprint density at radius 3 is 3.00 bits per heavy atom. The Balaban J connectivity index is 1.60. The number of rotatable bonds is 3. The van der Waals surface area contributed by atoms with Gasteiger partial charge < -0.3 is 14.3 Å². The van der Waals surface area contributed by atoms with Crippen LogP contribution in [-0.2, 0) is 16.1 Å². The van der Waals surface area contributed by atoms with Gasteiger partial charge in [-0.1, -0.05) is 11.6 Å². The number of fused-ring (bicyclic) bond motifs is 2. The van der Waals surface area contributed by atoms with E-state index in [2.05, 4.69) is 30.9 Å². The zero-order valence-corrected chi connectivity index (χ0v) is 14.2. The summed E-state index contributed by atoms with van der Waals surface area (Å²) in [5.74, 6) is 0.373. The molecule has 2 aromatic rings. The van der Waals surface area contributed by atoms with E-state index in [0.29, 0.717) is 26.3 Å². The molecule has 5 nitrogen and oxygen atoms in total. The second kappa shape index (κ2) is 5.60. The Bertz CT molecular complexity index is 796. The van der Waals surface area contributed by atoms with Crippen LogP contribution in [0.2, 0.25) is 0 Å². The summed E-state index contributed by atoms with van der Waals surface area (Å²) in [6, 6.07) is 6.21. The Morgan fingerprint density at radius 1 is 1.42 bits per heavy atom. The molecular weight excluding hydrogens is 306 g/mol. The van der Waals surface area contributed by atoms with Crippen molar-refractivity contribution in [3.05, 3.63) is 35.1 Å². The van der Waals surface area contributed by atoms with Crippen molar-refractivity contribution in [2.45, 2.75) is 26.8 Å². The Morgan fingerprint density at radius 2 is 2.25 bits per heavy atom. The molecule has 3 heterocycles. The first-order valence-electron chi connectivity index (χ1n) is 8.52. The van der Waals surface area contributed by atoms with Crippen LogP contribution in [0.3, 0.4) is 0 Å². The predicted octanol–water partition coefficient (Wildman–Crippen LogP) is 2.97. The second-order valence-corrected chi connectivity index (χ2v) is 7.32. The summed E-state index contributed by atoms with van der Waals surface area (Å²) in [6.45, 7) is 7.13. The minimum absolute atomic E-state index is 0.163. The monoisotopic (exact) mass is 329 g/mol. The molecule has 0 bridgehead atoms. The van der Waals surface area contributed by atoms with E-state index in [1.165, 1.54) is 5.56 Å². The molecule has 1 aromatic carbocycles. The number of hydrogen-bond acceptors (Lipinski definition) is 4. The molecule has 0 unspecified atom stereocenters. The average molecular weight is 329 g/mol. The largest absolute Gasteiger partial charge is 0.481 e. The summed E-state index contributed by atoms with van der Waals surface area (Å²) >= 11 is 0. The molecule has 2 aliphatic rings. The van der Waals surface area contributed by atoms with Crippen LogP contribution in [0.4, 0.5) is 0 Å². The minimum atomic E-state index is -0.755. The van der Waals surface area contributed by atoms with E-state index >= 15 is 0 Å². The van der Waals surface area contributed by atoms with Gasteiger partial charge in [0.2, 0.25) is 0 Å². The highest BCUT2D eigenvalue weighted by molar-refractivity contribution is 5.82. The van der Waals surface area contributed by atoms with Crippen LogP contribution in [-0.4, -0.2) is 42.3 Å². The number of carbonyl (C=O) groups is 1. The number of likely N-dealkylation sites (tertiary alicyclic amines) is 1. The molecule has 0 amide bonds. The van der Waals surface area contributed by atoms with E-state index in [1.807, 2.05) is 6.07 Å². The molecule has 2 atom stereocenters. The smallest absolute Gasteiger partial charge is 0.313 e. The van der Waals surface area contributed by atoms with Crippen molar-refractivity contribution in [3.8, 4) is 0 Å². The number of benzene rings is 1. The van der Waals surface area contributed by atoms with Gasteiger partial charge in [0, 0.05) is 25.1 Å². The molecule has 2 fully saturated rings.